The van der Waals surface area contributed by atoms with Gasteiger partial charge in [0.2, 0.25) is 0 Å². The lowest BCUT2D eigenvalue weighted by molar-refractivity contribution is 0.183. The van der Waals surface area contributed by atoms with Gasteiger partial charge >= 0.3 is 0 Å². The zero-order valence-corrected chi connectivity index (χ0v) is 21.9. The largest absolute Gasteiger partial charge is 0.497 e. The van der Waals surface area contributed by atoms with Crippen LogP contribution < -0.4 is 14.2 Å². The van der Waals surface area contributed by atoms with Crippen LogP contribution in [0.1, 0.15) is 19.3 Å². The second-order valence-corrected chi connectivity index (χ2v) is 10.8. The molecule has 0 unspecified atom stereocenters. The van der Waals surface area contributed by atoms with Crippen LogP contribution in [0.15, 0.2) is 76.5 Å². The molecule has 1 aliphatic heterocycles. The van der Waals surface area contributed by atoms with Crippen LogP contribution in [-0.2, 0) is 0 Å². The minimum atomic E-state index is 0.741. The van der Waals surface area contributed by atoms with E-state index in [0.29, 0.717) is 0 Å². The number of ether oxygens (including phenoxy) is 3. The molecule has 182 valence electrons. The Labute approximate surface area is 215 Å². The van der Waals surface area contributed by atoms with Crippen LogP contribution in [0.5, 0.6) is 17.2 Å². The monoisotopic (exact) mass is 505 g/mol. The van der Waals surface area contributed by atoms with Crippen LogP contribution in [0, 0.1) is 0 Å². The van der Waals surface area contributed by atoms with Crippen molar-refractivity contribution in [3.63, 3.8) is 0 Å². The minimum Gasteiger partial charge on any atom is -0.497 e. The number of likely N-dealkylation sites (tertiary alicyclic amines) is 1. The zero-order chi connectivity index (χ0) is 24.0. The summed E-state index contributed by atoms with van der Waals surface area (Å²) >= 11 is 3.59. The number of hydrogen-bond donors (Lipinski definition) is 0. The molecule has 3 aromatic carbocycles. The highest BCUT2D eigenvalue weighted by Gasteiger charge is 2.16. The van der Waals surface area contributed by atoms with Crippen molar-refractivity contribution >= 4 is 33.2 Å². The lowest BCUT2D eigenvalue weighted by Gasteiger charge is -2.26. The van der Waals surface area contributed by atoms with E-state index >= 15 is 0 Å². The first kappa shape index (κ1) is 24.0. The summed E-state index contributed by atoms with van der Waals surface area (Å²) in [4.78, 5) is 6.21. The molecule has 0 radical (unpaired) electrons. The van der Waals surface area contributed by atoms with Crippen LogP contribution in [0.4, 0.5) is 0 Å². The van der Waals surface area contributed by atoms with Gasteiger partial charge in [-0.05, 0) is 98.2 Å². The molecular weight excluding hydrogens is 474 g/mol. The molecule has 0 spiro atoms. The van der Waals surface area contributed by atoms with Crippen LogP contribution in [-0.4, -0.2) is 45.4 Å². The van der Waals surface area contributed by atoms with Crippen LogP contribution in [0.3, 0.4) is 0 Å². The van der Waals surface area contributed by atoms with Gasteiger partial charge in [-0.25, -0.2) is 0 Å². The van der Waals surface area contributed by atoms with Crippen LogP contribution in [0.25, 0.3) is 20.5 Å². The minimum absolute atomic E-state index is 0.741. The molecule has 0 amide bonds. The molecule has 1 fully saturated rings. The summed E-state index contributed by atoms with van der Waals surface area (Å²) < 4.78 is 18.1. The lowest BCUT2D eigenvalue weighted by atomic mass is 10.1. The predicted molar refractivity (Wildman–Crippen MR) is 147 cm³/mol. The first-order valence-electron chi connectivity index (χ1n) is 12.1. The van der Waals surface area contributed by atoms with Crippen molar-refractivity contribution in [1.82, 2.24) is 4.90 Å². The first-order valence-corrected chi connectivity index (χ1v) is 13.7. The van der Waals surface area contributed by atoms with Gasteiger partial charge in [0.15, 0.2) is 0 Å². The number of piperidine rings is 1. The number of nitrogens with zero attached hydrogens (tertiary/aromatic N) is 1. The Morgan fingerprint density at radius 2 is 1.49 bits per heavy atom. The molecule has 4 aromatic rings. The maximum absolute atomic E-state index is 6.03. The standard InChI is InChI=1S/C29H31NO3S2/c1-31-22-8-6-21(7-9-22)28-29(26-15-12-24(32-2)20-27(26)35-28)34-25-13-10-23(11-14-25)33-19-18-30-16-4-3-5-17-30/h6-15,20H,3-5,16-19H2,1-2H3. The van der Waals surface area contributed by atoms with E-state index in [0.717, 1.165) is 30.4 Å². The zero-order valence-electron chi connectivity index (χ0n) is 20.3. The molecule has 5 rings (SSSR count). The van der Waals surface area contributed by atoms with E-state index in [-0.39, 0.29) is 0 Å². The summed E-state index contributed by atoms with van der Waals surface area (Å²) in [6.45, 7) is 4.16. The van der Waals surface area contributed by atoms with Gasteiger partial charge in [-0.1, -0.05) is 18.2 Å². The number of fused-ring (bicyclic) bond motifs is 1. The third-order valence-electron chi connectivity index (χ3n) is 6.37. The first-order chi connectivity index (χ1) is 17.2. The number of rotatable bonds is 9. The van der Waals surface area contributed by atoms with E-state index in [4.69, 9.17) is 14.2 Å². The van der Waals surface area contributed by atoms with E-state index in [1.54, 1.807) is 37.3 Å². The van der Waals surface area contributed by atoms with E-state index in [9.17, 15) is 0 Å². The highest BCUT2D eigenvalue weighted by Crippen LogP contribution is 2.47. The summed E-state index contributed by atoms with van der Waals surface area (Å²) in [7, 11) is 3.41. The van der Waals surface area contributed by atoms with Crippen molar-refractivity contribution in [1.29, 1.82) is 0 Å². The third-order valence-corrected chi connectivity index (χ3v) is 8.84. The SMILES string of the molecule is COc1ccc(-c2sc3cc(OC)ccc3c2Sc2ccc(OCCN3CCCCC3)cc2)cc1. The van der Waals surface area contributed by atoms with Gasteiger partial charge in [-0.2, -0.15) is 0 Å². The highest BCUT2D eigenvalue weighted by molar-refractivity contribution is 8.00. The topological polar surface area (TPSA) is 30.9 Å². The van der Waals surface area contributed by atoms with Crippen molar-refractivity contribution in [2.45, 2.75) is 29.1 Å². The average Bonchev–Trinajstić information content (AvgIpc) is 3.27. The Balaban J connectivity index is 1.35. The molecule has 1 saturated heterocycles. The Morgan fingerprint density at radius 3 is 2.20 bits per heavy atom. The summed E-state index contributed by atoms with van der Waals surface area (Å²) in [5.41, 5.74) is 1.19. The summed E-state index contributed by atoms with van der Waals surface area (Å²) in [5.74, 6) is 2.67. The van der Waals surface area contributed by atoms with E-state index in [1.807, 2.05) is 18.2 Å². The van der Waals surface area contributed by atoms with Crippen molar-refractivity contribution in [3.05, 3.63) is 66.7 Å². The van der Waals surface area contributed by atoms with Gasteiger partial charge in [-0.3, -0.25) is 4.90 Å². The molecule has 0 N–H and O–H groups in total. The van der Waals surface area contributed by atoms with Crippen LogP contribution in [0.2, 0.25) is 0 Å². The number of thiophene rings is 1. The Kier molecular flexibility index (Phi) is 7.82. The lowest BCUT2D eigenvalue weighted by Crippen LogP contribution is -2.33. The summed E-state index contributed by atoms with van der Waals surface area (Å²) in [6, 6.07) is 23.1. The molecule has 35 heavy (non-hydrogen) atoms. The molecule has 0 aliphatic carbocycles. The fourth-order valence-corrected chi connectivity index (χ4v) is 6.86. The molecule has 0 saturated carbocycles. The van der Waals surface area contributed by atoms with Gasteiger partial charge in [0.1, 0.15) is 23.9 Å². The second-order valence-electron chi connectivity index (χ2n) is 8.68. The van der Waals surface area contributed by atoms with Crippen molar-refractivity contribution < 1.29 is 14.2 Å². The highest BCUT2D eigenvalue weighted by atomic mass is 32.2. The van der Waals surface area contributed by atoms with E-state index in [2.05, 4.69) is 53.4 Å². The van der Waals surface area contributed by atoms with Gasteiger partial charge in [0, 0.05) is 31.3 Å². The van der Waals surface area contributed by atoms with Gasteiger partial charge in [0.05, 0.1) is 14.2 Å². The predicted octanol–water partition coefficient (Wildman–Crippen LogP) is 7.60. The molecule has 1 aromatic heterocycles. The van der Waals surface area contributed by atoms with Crippen molar-refractivity contribution in [2.24, 2.45) is 0 Å². The molecular formula is C29H31NO3S2. The average molecular weight is 506 g/mol. The number of methoxy groups -OCH3 is 2. The number of benzene rings is 3. The van der Waals surface area contributed by atoms with Crippen molar-refractivity contribution in [3.8, 4) is 27.7 Å². The molecule has 1 aliphatic rings. The summed E-state index contributed by atoms with van der Waals surface area (Å²) in [5, 5.41) is 1.24. The second kappa shape index (κ2) is 11.4. The maximum atomic E-state index is 6.03. The maximum Gasteiger partial charge on any atom is 0.120 e. The van der Waals surface area contributed by atoms with Crippen LogP contribution >= 0.6 is 23.1 Å². The van der Waals surface area contributed by atoms with Gasteiger partial charge < -0.3 is 14.2 Å². The Morgan fingerprint density at radius 1 is 0.800 bits per heavy atom. The van der Waals surface area contributed by atoms with E-state index in [1.165, 1.54) is 62.7 Å². The van der Waals surface area contributed by atoms with Gasteiger partial charge in [0.25, 0.3) is 0 Å². The smallest absolute Gasteiger partial charge is 0.120 e. The Hall–Kier alpha value is -2.67. The number of hydrogen-bond acceptors (Lipinski definition) is 6. The molecule has 0 bridgehead atoms. The molecule has 0 atom stereocenters. The fraction of sp³-hybridized carbons (Fsp3) is 0.310. The fourth-order valence-electron chi connectivity index (χ4n) is 4.41. The van der Waals surface area contributed by atoms with E-state index < -0.39 is 0 Å². The quantitative estimate of drug-likeness (QED) is 0.234. The van der Waals surface area contributed by atoms with Gasteiger partial charge in [-0.15, -0.1) is 11.3 Å². The molecule has 4 nitrogen and oxygen atoms in total. The summed E-state index contributed by atoms with van der Waals surface area (Å²) in [6.07, 6.45) is 3.99. The molecule has 6 heteroatoms. The molecule has 2 heterocycles. The van der Waals surface area contributed by atoms with Crippen molar-refractivity contribution in [2.75, 3.05) is 40.5 Å². The third kappa shape index (κ3) is 5.77. The Bertz CT molecular complexity index is 1250. The normalized spacial score (nSPS) is 14.2.